The van der Waals surface area contributed by atoms with Gasteiger partial charge in [0.15, 0.2) is 0 Å². The Kier molecular flexibility index (Phi) is 8.64. The highest BCUT2D eigenvalue weighted by atomic mass is 16.3. The van der Waals surface area contributed by atoms with Crippen molar-refractivity contribution in [3.8, 4) is 0 Å². The third kappa shape index (κ3) is 6.89. The van der Waals surface area contributed by atoms with Crippen LogP contribution in [0.25, 0.3) is 0 Å². The van der Waals surface area contributed by atoms with Gasteiger partial charge in [-0.25, -0.2) is 0 Å². The van der Waals surface area contributed by atoms with E-state index in [1.165, 1.54) is 45.2 Å². The van der Waals surface area contributed by atoms with Crippen molar-refractivity contribution < 1.29 is 9.90 Å². The van der Waals surface area contributed by atoms with Crippen molar-refractivity contribution in [3.05, 3.63) is 0 Å². The second-order valence-corrected chi connectivity index (χ2v) is 3.96. The van der Waals surface area contributed by atoms with Crippen molar-refractivity contribution >= 4 is 6.47 Å². The number of hydrogen-bond acceptors (Lipinski definition) is 2. The number of nitrogens with zero attached hydrogens (tertiary/aromatic N) is 1. The Balaban J connectivity index is 0.000000500. The molecular weight excluding hydrogens is 178 g/mol. The minimum absolute atomic E-state index is 0.250. The van der Waals surface area contributed by atoms with E-state index in [4.69, 9.17) is 9.90 Å². The van der Waals surface area contributed by atoms with E-state index in [2.05, 4.69) is 18.9 Å². The lowest BCUT2D eigenvalue weighted by Crippen LogP contribution is -2.26. The molecule has 14 heavy (non-hydrogen) atoms. The summed E-state index contributed by atoms with van der Waals surface area (Å²) in [5, 5.41) is 6.89. The van der Waals surface area contributed by atoms with Crippen molar-refractivity contribution in [2.75, 3.05) is 20.1 Å². The first-order chi connectivity index (χ1) is 6.74. The largest absolute Gasteiger partial charge is 0.483 e. The second kappa shape index (κ2) is 9.00. The summed E-state index contributed by atoms with van der Waals surface area (Å²) in [5.74, 6) is 1.01. The van der Waals surface area contributed by atoms with Crippen molar-refractivity contribution in [3.63, 3.8) is 0 Å². The molecule has 0 radical (unpaired) electrons. The molecule has 1 aliphatic rings. The first-order valence-electron chi connectivity index (χ1n) is 5.51. The molecule has 0 unspecified atom stereocenters. The summed E-state index contributed by atoms with van der Waals surface area (Å²) in [6.07, 6.45) is 7.38. The number of carbonyl (C=O) groups is 1. The lowest BCUT2D eigenvalue weighted by Gasteiger charge is -2.25. The molecule has 0 heterocycles. The first-order valence-corrected chi connectivity index (χ1v) is 5.51. The lowest BCUT2D eigenvalue weighted by molar-refractivity contribution is -0.122. The molecule has 0 atom stereocenters. The summed E-state index contributed by atoms with van der Waals surface area (Å²) in [6, 6.07) is 0. The average molecular weight is 201 g/mol. The zero-order valence-corrected chi connectivity index (χ0v) is 9.41. The van der Waals surface area contributed by atoms with Crippen LogP contribution in [0.4, 0.5) is 0 Å². The Bertz CT molecular complexity index is 133. The van der Waals surface area contributed by atoms with Crippen molar-refractivity contribution in [1.82, 2.24) is 4.90 Å². The topological polar surface area (TPSA) is 40.5 Å². The van der Waals surface area contributed by atoms with Gasteiger partial charge < -0.3 is 10.0 Å². The fourth-order valence-corrected chi connectivity index (χ4v) is 1.94. The zero-order chi connectivity index (χ0) is 10.8. The number of rotatable bonds is 3. The molecule has 1 saturated carbocycles. The Labute approximate surface area is 87.1 Å². The van der Waals surface area contributed by atoms with Crippen LogP contribution in [0.2, 0.25) is 0 Å². The van der Waals surface area contributed by atoms with Gasteiger partial charge in [-0.3, -0.25) is 4.79 Å². The van der Waals surface area contributed by atoms with E-state index in [0.717, 1.165) is 5.92 Å². The maximum absolute atomic E-state index is 8.36. The Hall–Kier alpha value is -0.570. The summed E-state index contributed by atoms with van der Waals surface area (Å²) >= 11 is 0. The normalized spacial score (nSPS) is 17.4. The van der Waals surface area contributed by atoms with Crippen LogP contribution in [0.1, 0.15) is 39.0 Å². The van der Waals surface area contributed by atoms with Crippen molar-refractivity contribution in [2.24, 2.45) is 5.92 Å². The van der Waals surface area contributed by atoms with Crippen LogP contribution in [0.15, 0.2) is 0 Å². The van der Waals surface area contributed by atoms with Gasteiger partial charge in [-0.1, -0.05) is 26.2 Å². The molecule has 0 aromatic rings. The number of carboxylic acid groups (broad SMARTS) is 1. The molecule has 1 rings (SSSR count). The molecule has 0 aromatic carbocycles. The van der Waals surface area contributed by atoms with E-state index in [1.54, 1.807) is 0 Å². The molecule has 0 aliphatic heterocycles. The predicted octanol–water partition coefficient (Wildman–Crippen LogP) is 2.22. The smallest absolute Gasteiger partial charge is 0.290 e. The van der Waals surface area contributed by atoms with Crippen LogP contribution in [0.5, 0.6) is 0 Å². The minimum Gasteiger partial charge on any atom is -0.483 e. The van der Waals surface area contributed by atoms with Gasteiger partial charge in [0.25, 0.3) is 6.47 Å². The third-order valence-electron chi connectivity index (χ3n) is 2.83. The van der Waals surface area contributed by atoms with E-state index < -0.39 is 0 Å². The fraction of sp³-hybridized carbons (Fsp3) is 0.909. The van der Waals surface area contributed by atoms with Crippen LogP contribution in [0, 0.1) is 5.92 Å². The van der Waals surface area contributed by atoms with E-state index >= 15 is 0 Å². The number of hydrogen-bond donors (Lipinski definition) is 1. The molecule has 3 heteroatoms. The Morgan fingerprint density at radius 3 is 2.29 bits per heavy atom. The van der Waals surface area contributed by atoms with Gasteiger partial charge in [0, 0.05) is 6.54 Å². The molecular formula is C11H23NO2. The zero-order valence-electron chi connectivity index (χ0n) is 9.41. The lowest BCUT2D eigenvalue weighted by atomic mass is 9.89. The minimum atomic E-state index is -0.250. The van der Waals surface area contributed by atoms with Crippen LogP contribution in [-0.2, 0) is 4.79 Å². The van der Waals surface area contributed by atoms with Gasteiger partial charge >= 0.3 is 0 Å². The van der Waals surface area contributed by atoms with Gasteiger partial charge in [-0.05, 0) is 32.4 Å². The molecule has 1 fully saturated rings. The van der Waals surface area contributed by atoms with Crippen LogP contribution in [-0.4, -0.2) is 36.6 Å². The molecule has 0 spiro atoms. The monoisotopic (exact) mass is 201 g/mol. The highest BCUT2D eigenvalue weighted by molar-refractivity contribution is 5.32. The van der Waals surface area contributed by atoms with E-state index in [1.807, 2.05) is 0 Å². The Morgan fingerprint density at radius 1 is 1.36 bits per heavy atom. The fourth-order valence-electron chi connectivity index (χ4n) is 1.94. The molecule has 3 nitrogen and oxygen atoms in total. The van der Waals surface area contributed by atoms with E-state index in [9.17, 15) is 0 Å². The van der Waals surface area contributed by atoms with Gasteiger partial charge in [0.1, 0.15) is 0 Å². The third-order valence-corrected chi connectivity index (χ3v) is 2.83. The Morgan fingerprint density at radius 2 is 1.86 bits per heavy atom. The standard InChI is InChI=1S/C10H21N.CH2O2/c1-3-11(2)9-10-7-5-4-6-8-10;2-1-3/h10H,3-9H2,1-2H3;1H,(H,2,3). The molecule has 0 bridgehead atoms. The SMILES string of the molecule is CCN(C)CC1CCCCC1.O=CO. The maximum Gasteiger partial charge on any atom is 0.290 e. The maximum atomic E-state index is 8.36. The van der Waals surface area contributed by atoms with Gasteiger partial charge in [-0.2, -0.15) is 0 Å². The molecule has 1 N–H and O–H groups in total. The summed E-state index contributed by atoms with van der Waals surface area (Å²) in [5.41, 5.74) is 0. The average Bonchev–Trinajstić information content (AvgIpc) is 2.20. The quantitative estimate of drug-likeness (QED) is 0.712. The van der Waals surface area contributed by atoms with Crippen molar-refractivity contribution in [1.29, 1.82) is 0 Å². The van der Waals surface area contributed by atoms with Gasteiger partial charge in [0.2, 0.25) is 0 Å². The second-order valence-electron chi connectivity index (χ2n) is 3.96. The van der Waals surface area contributed by atoms with Crippen LogP contribution in [0.3, 0.4) is 0 Å². The van der Waals surface area contributed by atoms with E-state index in [-0.39, 0.29) is 6.47 Å². The first kappa shape index (κ1) is 13.4. The highest BCUT2D eigenvalue weighted by Crippen LogP contribution is 2.23. The molecule has 0 amide bonds. The van der Waals surface area contributed by atoms with Crippen molar-refractivity contribution in [2.45, 2.75) is 39.0 Å². The molecule has 0 aromatic heterocycles. The molecule has 0 saturated heterocycles. The molecule has 1 aliphatic carbocycles. The summed E-state index contributed by atoms with van der Waals surface area (Å²) in [7, 11) is 2.23. The summed E-state index contributed by atoms with van der Waals surface area (Å²) in [4.78, 5) is 10.8. The summed E-state index contributed by atoms with van der Waals surface area (Å²) in [6.45, 7) is 4.52. The predicted molar refractivity (Wildman–Crippen MR) is 58.4 cm³/mol. The highest BCUT2D eigenvalue weighted by Gasteiger charge is 2.13. The molecule has 84 valence electrons. The van der Waals surface area contributed by atoms with Gasteiger partial charge in [0.05, 0.1) is 0 Å². The van der Waals surface area contributed by atoms with E-state index in [0.29, 0.717) is 0 Å². The van der Waals surface area contributed by atoms with Gasteiger partial charge in [-0.15, -0.1) is 0 Å². The summed E-state index contributed by atoms with van der Waals surface area (Å²) < 4.78 is 0. The van der Waals surface area contributed by atoms with Crippen LogP contribution < -0.4 is 0 Å². The van der Waals surface area contributed by atoms with Crippen LogP contribution >= 0.6 is 0 Å².